The van der Waals surface area contributed by atoms with Crippen LogP contribution in [0.2, 0.25) is 0 Å². The van der Waals surface area contributed by atoms with E-state index in [-0.39, 0.29) is 5.91 Å². The second-order valence-corrected chi connectivity index (χ2v) is 3.72. The van der Waals surface area contributed by atoms with Crippen LogP contribution in [-0.4, -0.2) is 18.5 Å². The first kappa shape index (κ1) is 12.8. The monoisotopic (exact) mass is 230 g/mol. The summed E-state index contributed by atoms with van der Waals surface area (Å²) in [6.45, 7) is 0.555. The Morgan fingerprint density at radius 3 is 2.81 bits per heavy atom. The van der Waals surface area contributed by atoms with E-state index in [0.717, 1.165) is 18.6 Å². The van der Waals surface area contributed by atoms with Crippen LogP contribution in [0.5, 0.6) is 0 Å². The Hall–Kier alpha value is -1.23. The van der Waals surface area contributed by atoms with Gasteiger partial charge in [-0.2, -0.15) is 0 Å². The highest BCUT2D eigenvalue weighted by atomic mass is 19.2. The van der Waals surface area contributed by atoms with Gasteiger partial charge in [0.05, 0.1) is 6.04 Å². The summed E-state index contributed by atoms with van der Waals surface area (Å²) in [5.74, 6) is -1.91. The van der Waals surface area contributed by atoms with Crippen molar-refractivity contribution in [2.75, 3.05) is 6.54 Å². The summed E-state index contributed by atoms with van der Waals surface area (Å²) in [4.78, 5) is 11.4. The highest BCUT2D eigenvalue weighted by molar-refractivity contribution is 5.76. The molecule has 1 unspecified atom stereocenters. The zero-order valence-corrected chi connectivity index (χ0v) is 9.01. The van der Waals surface area contributed by atoms with E-state index in [1.165, 1.54) is 0 Å². The van der Waals surface area contributed by atoms with Gasteiger partial charge in [-0.3, -0.25) is 4.79 Å². The molecule has 90 valence electrons. The molecule has 1 amide bonds. The molecule has 0 aromatic rings. The van der Waals surface area contributed by atoms with Crippen molar-refractivity contribution >= 4 is 5.91 Å². The molecule has 0 radical (unpaired) electrons. The minimum Gasteiger partial charge on any atom is -0.349 e. The lowest BCUT2D eigenvalue weighted by molar-refractivity contribution is -0.121. The summed E-state index contributed by atoms with van der Waals surface area (Å²) in [6.07, 6.45) is 4.40. The molecule has 0 aliphatic heterocycles. The molecule has 1 aliphatic carbocycles. The summed E-state index contributed by atoms with van der Waals surface area (Å²) >= 11 is 0. The van der Waals surface area contributed by atoms with Gasteiger partial charge in [-0.1, -0.05) is 0 Å². The summed E-state index contributed by atoms with van der Waals surface area (Å²) in [5.41, 5.74) is 5.29. The van der Waals surface area contributed by atoms with E-state index in [9.17, 15) is 13.6 Å². The van der Waals surface area contributed by atoms with Crippen molar-refractivity contribution in [1.82, 2.24) is 5.32 Å². The van der Waals surface area contributed by atoms with Crippen LogP contribution >= 0.6 is 0 Å². The van der Waals surface area contributed by atoms with E-state index in [2.05, 4.69) is 5.32 Å². The maximum absolute atomic E-state index is 12.8. The second-order valence-electron chi connectivity index (χ2n) is 3.72. The number of rotatable bonds is 5. The van der Waals surface area contributed by atoms with Gasteiger partial charge in [0.2, 0.25) is 5.91 Å². The van der Waals surface area contributed by atoms with Crippen LogP contribution in [-0.2, 0) is 4.79 Å². The van der Waals surface area contributed by atoms with Gasteiger partial charge >= 0.3 is 0 Å². The van der Waals surface area contributed by atoms with Gasteiger partial charge in [-0.25, -0.2) is 8.78 Å². The van der Waals surface area contributed by atoms with E-state index in [4.69, 9.17) is 5.73 Å². The summed E-state index contributed by atoms with van der Waals surface area (Å²) in [5, 5.41) is 2.62. The first-order valence-corrected chi connectivity index (χ1v) is 5.36. The molecule has 0 aromatic heterocycles. The third-order valence-corrected chi connectivity index (χ3v) is 2.33. The lowest BCUT2D eigenvalue weighted by Crippen LogP contribution is -2.34. The minimum atomic E-state index is -0.904. The van der Waals surface area contributed by atoms with Gasteiger partial charge in [-0.05, 0) is 38.0 Å². The average Bonchev–Trinajstić information content (AvgIpc) is 2.24. The number of allylic oxidation sites excluding steroid dienone is 2. The Balaban J connectivity index is 2.31. The van der Waals surface area contributed by atoms with Crippen molar-refractivity contribution in [3.63, 3.8) is 0 Å². The molecule has 5 heteroatoms. The third-order valence-electron chi connectivity index (χ3n) is 2.33. The minimum absolute atomic E-state index is 0.154. The molecule has 16 heavy (non-hydrogen) atoms. The zero-order chi connectivity index (χ0) is 12.0. The molecule has 0 saturated carbocycles. The highest BCUT2D eigenvalue weighted by Gasteiger charge is 2.16. The summed E-state index contributed by atoms with van der Waals surface area (Å²) in [7, 11) is 0. The smallest absolute Gasteiger partial charge is 0.220 e. The fraction of sp³-hybridized carbons (Fsp3) is 0.545. The predicted molar refractivity (Wildman–Crippen MR) is 57.8 cm³/mol. The fourth-order valence-corrected chi connectivity index (χ4v) is 1.46. The number of nitrogens with two attached hydrogens (primary N) is 1. The lowest BCUT2D eigenvalue weighted by Gasteiger charge is -2.16. The first-order chi connectivity index (χ1) is 7.63. The molecule has 1 aliphatic rings. The molecular formula is C11H16F2N2O. The quantitative estimate of drug-likeness (QED) is 0.706. The SMILES string of the molecule is NCCCCC(=O)NC1C=C(F)C(F)=CC1. The molecule has 0 aromatic carbocycles. The number of halogens is 2. The maximum Gasteiger partial charge on any atom is 0.220 e. The van der Waals surface area contributed by atoms with Crippen LogP contribution in [0.4, 0.5) is 8.78 Å². The highest BCUT2D eigenvalue weighted by Crippen LogP contribution is 2.20. The standard InChI is InChI=1S/C11H16F2N2O/c12-9-5-4-8(7-10(9)13)15-11(16)3-1-2-6-14/h5,7-8H,1-4,6,14H2,(H,15,16). The molecule has 0 spiro atoms. The molecule has 3 nitrogen and oxygen atoms in total. The van der Waals surface area contributed by atoms with Gasteiger partial charge in [0.25, 0.3) is 0 Å². The van der Waals surface area contributed by atoms with Crippen molar-refractivity contribution in [1.29, 1.82) is 0 Å². The number of amides is 1. The molecular weight excluding hydrogens is 214 g/mol. The Labute approximate surface area is 93.4 Å². The summed E-state index contributed by atoms with van der Waals surface area (Å²) in [6, 6.07) is -0.440. The van der Waals surface area contributed by atoms with Crippen LogP contribution in [0.1, 0.15) is 25.7 Å². The van der Waals surface area contributed by atoms with Crippen molar-refractivity contribution < 1.29 is 13.6 Å². The van der Waals surface area contributed by atoms with Crippen molar-refractivity contribution in [3.8, 4) is 0 Å². The maximum atomic E-state index is 12.8. The van der Waals surface area contributed by atoms with E-state index in [1.807, 2.05) is 0 Å². The third kappa shape index (κ3) is 4.10. The van der Waals surface area contributed by atoms with E-state index in [1.54, 1.807) is 0 Å². The normalized spacial score (nSPS) is 20.1. The van der Waals surface area contributed by atoms with Crippen LogP contribution in [0.15, 0.2) is 23.8 Å². The van der Waals surface area contributed by atoms with Crippen LogP contribution in [0.3, 0.4) is 0 Å². The van der Waals surface area contributed by atoms with Gasteiger partial charge in [0, 0.05) is 6.42 Å². The van der Waals surface area contributed by atoms with Gasteiger partial charge in [0.1, 0.15) is 0 Å². The Kier molecular flexibility index (Phi) is 5.11. The van der Waals surface area contributed by atoms with Crippen molar-refractivity contribution in [2.45, 2.75) is 31.7 Å². The molecule has 3 N–H and O–H groups in total. The van der Waals surface area contributed by atoms with Crippen LogP contribution in [0, 0.1) is 0 Å². The molecule has 1 atom stereocenters. The van der Waals surface area contributed by atoms with Gasteiger partial charge in [-0.15, -0.1) is 0 Å². The average molecular weight is 230 g/mol. The first-order valence-electron chi connectivity index (χ1n) is 5.36. The topological polar surface area (TPSA) is 55.1 Å². The largest absolute Gasteiger partial charge is 0.349 e. The van der Waals surface area contributed by atoms with E-state index in [0.29, 0.717) is 25.8 Å². The number of unbranched alkanes of at least 4 members (excludes halogenated alkanes) is 1. The number of nitrogens with one attached hydrogen (secondary N) is 1. The zero-order valence-electron chi connectivity index (χ0n) is 9.01. The molecule has 0 bridgehead atoms. The van der Waals surface area contributed by atoms with Crippen LogP contribution < -0.4 is 11.1 Å². The molecule has 0 saturated heterocycles. The Morgan fingerprint density at radius 1 is 1.44 bits per heavy atom. The Bertz CT molecular complexity index is 313. The second kappa shape index (κ2) is 6.37. The summed E-state index contributed by atoms with van der Waals surface area (Å²) < 4.78 is 25.5. The van der Waals surface area contributed by atoms with E-state index < -0.39 is 17.7 Å². The number of carbonyl (C=O) groups is 1. The fourth-order valence-electron chi connectivity index (χ4n) is 1.46. The lowest BCUT2D eigenvalue weighted by atomic mass is 10.1. The van der Waals surface area contributed by atoms with Crippen LogP contribution in [0.25, 0.3) is 0 Å². The molecule has 1 rings (SSSR count). The van der Waals surface area contributed by atoms with Crippen molar-refractivity contribution in [2.24, 2.45) is 5.73 Å². The van der Waals surface area contributed by atoms with Gasteiger partial charge in [0.15, 0.2) is 11.7 Å². The van der Waals surface area contributed by atoms with Gasteiger partial charge < -0.3 is 11.1 Å². The molecule has 0 heterocycles. The molecule has 0 fully saturated rings. The number of hydrogen-bond donors (Lipinski definition) is 2. The van der Waals surface area contributed by atoms with Crippen molar-refractivity contribution in [3.05, 3.63) is 23.8 Å². The predicted octanol–water partition coefficient (Wildman–Crippen LogP) is 1.71. The number of carbonyl (C=O) groups excluding carboxylic acids is 1. The number of hydrogen-bond acceptors (Lipinski definition) is 2. The Morgan fingerprint density at radius 2 is 2.19 bits per heavy atom. The van der Waals surface area contributed by atoms with E-state index >= 15 is 0 Å².